The van der Waals surface area contributed by atoms with E-state index in [9.17, 15) is 13.9 Å². The number of rotatable bonds is 12. The standard InChI is InChI=1S/C23H34F2N6O2/c1-6-8-17(9-20(27)30-15(3)22(24)25)31-21-10-19(33-7-2)18(13-29-21)16(11-26)12-28-14-23(4,5)32/h8-13,22,32H,6-7,14,26-27H2,1-5H3,(H,29,31)/b16-11+,17-8-,20-9-,28-12?,30-15+. The quantitative estimate of drug-likeness (QED) is 0.274. The molecule has 0 saturated heterocycles. The molecule has 10 heteroatoms. The maximum absolute atomic E-state index is 12.7. The van der Waals surface area contributed by atoms with Crippen LogP contribution in [0.2, 0.25) is 0 Å². The molecule has 0 amide bonds. The first-order valence-corrected chi connectivity index (χ1v) is 10.6. The van der Waals surface area contributed by atoms with Gasteiger partial charge in [0.25, 0.3) is 6.43 Å². The Labute approximate surface area is 193 Å². The summed E-state index contributed by atoms with van der Waals surface area (Å²) in [5, 5.41) is 12.9. The monoisotopic (exact) mass is 464 g/mol. The van der Waals surface area contributed by atoms with Gasteiger partial charge >= 0.3 is 0 Å². The molecule has 0 fully saturated rings. The van der Waals surface area contributed by atoms with Crippen molar-refractivity contribution in [3.63, 3.8) is 0 Å². The summed E-state index contributed by atoms with van der Waals surface area (Å²) in [6.07, 6.45) is 5.79. The minimum absolute atomic E-state index is 0.0574. The van der Waals surface area contributed by atoms with Crippen LogP contribution in [0.1, 0.15) is 46.6 Å². The SMILES string of the molecule is CC/C=C(/C=C(N)\N=C(/C)C(F)F)Nc1cc(OCC)c(/C(C=NCC(C)(C)O)=C/N)cn1. The average Bonchev–Trinajstić information content (AvgIpc) is 2.71. The van der Waals surface area contributed by atoms with Crippen LogP contribution in [0.3, 0.4) is 0 Å². The highest BCUT2D eigenvalue weighted by molar-refractivity contribution is 6.10. The predicted octanol–water partition coefficient (Wildman–Crippen LogP) is 3.85. The lowest BCUT2D eigenvalue weighted by Gasteiger charge is -2.15. The van der Waals surface area contributed by atoms with E-state index in [0.29, 0.717) is 41.4 Å². The van der Waals surface area contributed by atoms with Crippen LogP contribution >= 0.6 is 0 Å². The molecule has 182 valence electrons. The van der Waals surface area contributed by atoms with Crippen LogP contribution in [-0.4, -0.2) is 47.2 Å². The molecule has 33 heavy (non-hydrogen) atoms. The number of nitrogens with two attached hydrogens (primary N) is 2. The Hall–Kier alpha value is -3.27. The molecule has 0 aliphatic heterocycles. The smallest absolute Gasteiger partial charge is 0.276 e. The van der Waals surface area contributed by atoms with Crippen molar-refractivity contribution in [2.24, 2.45) is 21.5 Å². The lowest BCUT2D eigenvalue weighted by Crippen LogP contribution is -2.22. The van der Waals surface area contributed by atoms with E-state index in [1.165, 1.54) is 19.2 Å². The lowest BCUT2D eigenvalue weighted by molar-refractivity contribution is 0.0906. The second-order valence-electron chi connectivity index (χ2n) is 7.72. The number of anilines is 1. The molecule has 6 N–H and O–H groups in total. The Morgan fingerprint density at radius 2 is 2.06 bits per heavy atom. The number of nitrogens with one attached hydrogen (secondary N) is 1. The summed E-state index contributed by atoms with van der Waals surface area (Å²) in [5.74, 6) is 0.907. The van der Waals surface area contributed by atoms with Crippen molar-refractivity contribution in [3.05, 3.63) is 47.7 Å². The molecule has 0 bridgehead atoms. The Kier molecular flexibility index (Phi) is 11.2. The fraction of sp³-hybridized carbons (Fsp3) is 0.435. The zero-order chi connectivity index (χ0) is 25.0. The molecule has 1 aromatic rings. The zero-order valence-corrected chi connectivity index (χ0v) is 19.8. The highest BCUT2D eigenvalue weighted by Gasteiger charge is 2.13. The number of aliphatic imine (C=N–C) groups is 2. The molecule has 0 aliphatic rings. The number of hydrogen-bond donors (Lipinski definition) is 4. The Bertz CT molecular complexity index is 931. The van der Waals surface area contributed by atoms with E-state index in [1.807, 2.05) is 19.9 Å². The average molecular weight is 465 g/mol. The van der Waals surface area contributed by atoms with Crippen molar-refractivity contribution in [1.29, 1.82) is 0 Å². The van der Waals surface area contributed by atoms with Crippen molar-refractivity contribution >= 4 is 23.3 Å². The van der Waals surface area contributed by atoms with E-state index in [-0.39, 0.29) is 18.1 Å². The van der Waals surface area contributed by atoms with Crippen LogP contribution in [0, 0.1) is 0 Å². The maximum Gasteiger partial charge on any atom is 0.276 e. The van der Waals surface area contributed by atoms with Crippen molar-refractivity contribution in [3.8, 4) is 5.75 Å². The van der Waals surface area contributed by atoms with Gasteiger partial charge in [0.1, 0.15) is 17.4 Å². The van der Waals surface area contributed by atoms with Crippen molar-refractivity contribution in [1.82, 2.24) is 4.98 Å². The number of aliphatic hydroxyl groups is 1. The Morgan fingerprint density at radius 3 is 2.61 bits per heavy atom. The number of alkyl halides is 2. The summed E-state index contributed by atoms with van der Waals surface area (Å²) in [7, 11) is 0. The fourth-order valence-corrected chi connectivity index (χ4v) is 2.52. The predicted molar refractivity (Wildman–Crippen MR) is 131 cm³/mol. The molecule has 8 nitrogen and oxygen atoms in total. The molecule has 1 heterocycles. The molecule has 0 unspecified atom stereocenters. The molecule has 0 spiro atoms. The first-order valence-electron chi connectivity index (χ1n) is 10.6. The van der Waals surface area contributed by atoms with Gasteiger partial charge in [0.2, 0.25) is 0 Å². The summed E-state index contributed by atoms with van der Waals surface area (Å²) >= 11 is 0. The third-order valence-electron chi connectivity index (χ3n) is 3.99. The summed E-state index contributed by atoms with van der Waals surface area (Å²) in [6, 6.07) is 1.69. The van der Waals surface area contributed by atoms with E-state index in [1.54, 1.807) is 32.3 Å². The molecule has 0 atom stereocenters. The van der Waals surface area contributed by atoms with Gasteiger partial charge in [0.05, 0.1) is 24.5 Å². The van der Waals surface area contributed by atoms with Gasteiger partial charge in [-0.3, -0.25) is 4.99 Å². The van der Waals surface area contributed by atoms with Gasteiger partial charge in [-0.1, -0.05) is 13.0 Å². The van der Waals surface area contributed by atoms with Crippen molar-refractivity contribution in [2.45, 2.75) is 53.1 Å². The first-order chi connectivity index (χ1) is 15.5. The number of aromatic nitrogens is 1. The maximum atomic E-state index is 12.7. The second kappa shape index (κ2) is 13.3. The van der Waals surface area contributed by atoms with Gasteiger partial charge in [-0.2, -0.15) is 0 Å². The molecular weight excluding hydrogens is 430 g/mol. The molecule has 0 aliphatic carbocycles. The molecule has 0 radical (unpaired) electrons. The van der Waals surface area contributed by atoms with Crippen LogP contribution in [0.5, 0.6) is 5.75 Å². The zero-order valence-electron chi connectivity index (χ0n) is 19.8. The summed E-state index contributed by atoms with van der Waals surface area (Å²) < 4.78 is 31.2. The highest BCUT2D eigenvalue weighted by atomic mass is 19.3. The van der Waals surface area contributed by atoms with E-state index >= 15 is 0 Å². The molecule has 1 aromatic heterocycles. The molecule has 0 aromatic carbocycles. The number of allylic oxidation sites excluding steroid dienone is 3. The number of hydrogen-bond acceptors (Lipinski definition) is 8. The normalized spacial score (nSPS) is 14.3. The first kappa shape index (κ1) is 27.8. The summed E-state index contributed by atoms with van der Waals surface area (Å²) in [4.78, 5) is 12.3. The largest absolute Gasteiger partial charge is 0.493 e. The van der Waals surface area contributed by atoms with Crippen LogP contribution < -0.4 is 21.5 Å². The van der Waals surface area contributed by atoms with Gasteiger partial charge in [-0.15, -0.1) is 0 Å². The van der Waals surface area contributed by atoms with Gasteiger partial charge in [-0.25, -0.2) is 18.8 Å². The van der Waals surface area contributed by atoms with Crippen LogP contribution in [0.4, 0.5) is 14.6 Å². The van der Waals surface area contributed by atoms with Gasteiger partial charge in [0.15, 0.2) is 0 Å². The van der Waals surface area contributed by atoms with E-state index < -0.39 is 12.0 Å². The Balaban J connectivity index is 3.23. The van der Waals surface area contributed by atoms with Gasteiger partial charge < -0.3 is 26.6 Å². The minimum Gasteiger partial charge on any atom is -0.493 e. The highest BCUT2D eigenvalue weighted by Crippen LogP contribution is 2.27. The minimum atomic E-state index is -2.68. The topological polar surface area (TPSA) is 131 Å². The van der Waals surface area contributed by atoms with Gasteiger partial charge in [-0.05, 0) is 34.1 Å². The third-order valence-corrected chi connectivity index (χ3v) is 3.99. The molecule has 0 saturated carbocycles. The van der Waals surface area contributed by atoms with Crippen LogP contribution in [-0.2, 0) is 0 Å². The van der Waals surface area contributed by atoms with Crippen molar-refractivity contribution < 1.29 is 18.6 Å². The third kappa shape index (κ3) is 10.3. The van der Waals surface area contributed by atoms with E-state index in [4.69, 9.17) is 16.2 Å². The molecule has 1 rings (SSSR count). The number of nitrogens with zero attached hydrogens (tertiary/aromatic N) is 3. The summed E-state index contributed by atoms with van der Waals surface area (Å²) in [5.41, 5.74) is 12.0. The summed E-state index contributed by atoms with van der Waals surface area (Å²) in [6.45, 7) is 8.91. The van der Waals surface area contributed by atoms with Gasteiger partial charge in [0, 0.05) is 47.6 Å². The molecular formula is C23H34F2N6O2. The number of halogens is 2. The second-order valence-corrected chi connectivity index (χ2v) is 7.72. The number of pyridine rings is 1. The fourth-order valence-electron chi connectivity index (χ4n) is 2.52. The van der Waals surface area contributed by atoms with Crippen LogP contribution in [0.25, 0.3) is 5.57 Å². The Morgan fingerprint density at radius 1 is 1.36 bits per heavy atom. The lowest BCUT2D eigenvalue weighted by atomic mass is 10.1. The van der Waals surface area contributed by atoms with Crippen LogP contribution in [0.15, 0.2) is 52.1 Å². The van der Waals surface area contributed by atoms with E-state index in [2.05, 4.69) is 20.3 Å². The number of ether oxygens (including phenoxy) is 1. The van der Waals surface area contributed by atoms with Crippen molar-refractivity contribution in [2.75, 3.05) is 18.5 Å². The van der Waals surface area contributed by atoms with E-state index in [0.717, 1.165) is 0 Å².